The maximum Gasteiger partial charge on any atom is 0.407 e. The van der Waals surface area contributed by atoms with Gasteiger partial charge in [0.15, 0.2) is 5.82 Å². The summed E-state index contributed by atoms with van der Waals surface area (Å²) < 4.78 is 37.7. The highest BCUT2D eigenvalue weighted by molar-refractivity contribution is 5.90. The number of halogens is 3. The Kier molecular flexibility index (Phi) is 3.57. The van der Waals surface area contributed by atoms with Gasteiger partial charge in [-0.2, -0.15) is 18.3 Å². The molecule has 0 spiro atoms. The molecule has 9 heteroatoms. The molecule has 0 unspecified atom stereocenters. The third-order valence-corrected chi connectivity index (χ3v) is 3.37. The van der Waals surface area contributed by atoms with E-state index in [1.165, 1.54) is 30.5 Å². The van der Waals surface area contributed by atoms with Gasteiger partial charge in [-0.25, -0.2) is 0 Å². The van der Waals surface area contributed by atoms with Crippen molar-refractivity contribution in [2.45, 2.75) is 12.2 Å². The fourth-order valence-corrected chi connectivity index (χ4v) is 2.17. The SMILES string of the molecule is N[C@H](c1ccc(Nc2n[nH]c3cc[nH]c(=O)c23)cc1)C(F)(F)F. The summed E-state index contributed by atoms with van der Waals surface area (Å²) in [4.78, 5) is 14.3. The Morgan fingerprint density at radius 1 is 1.17 bits per heavy atom. The second-order valence-electron chi connectivity index (χ2n) is 4.93. The first-order chi connectivity index (χ1) is 10.9. The van der Waals surface area contributed by atoms with Crippen LogP contribution in [0.1, 0.15) is 11.6 Å². The van der Waals surface area contributed by atoms with Crippen LogP contribution in [0.2, 0.25) is 0 Å². The number of hydrogen-bond acceptors (Lipinski definition) is 4. The van der Waals surface area contributed by atoms with Gasteiger partial charge in [-0.15, -0.1) is 0 Å². The van der Waals surface area contributed by atoms with Gasteiger partial charge < -0.3 is 16.0 Å². The zero-order chi connectivity index (χ0) is 16.6. The van der Waals surface area contributed by atoms with E-state index >= 15 is 0 Å². The molecule has 3 rings (SSSR count). The number of hydrogen-bond donors (Lipinski definition) is 4. The number of nitrogens with zero attached hydrogens (tertiary/aromatic N) is 1. The van der Waals surface area contributed by atoms with E-state index in [2.05, 4.69) is 20.5 Å². The second kappa shape index (κ2) is 5.43. The Balaban J connectivity index is 1.87. The van der Waals surface area contributed by atoms with Gasteiger partial charge in [-0.1, -0.05) is 12.1 Å². The molecule has 1 aromatic carbocycles. The van der Waals surface area contributed by atoms with Crippen molar-refractivity contribution >= 4 is 22.4 Å². The number of aromatic nitrogens is 3. The zero-order valence-corrected chi connectivity index (χ0v) is 11.6. The number of aromatic amines is 2. The van der Waals surface area contributed by atoms with E-state index in [4.69, 9.17) is 5.73 Å². The quantitative estimate of drug-likeness (QED) is 0.595. The zero-order valence-electron chi connectivity index (χ0n) is 11.6. The van der Waals surface area contributed by atoms with E-state index in [1.54, 1.807) is 6.07 Å². The molecular weight excluding hydrogens is 311 g/mol. The van der Waals surface area contributed by atoms with Crippen LogP contribution in [0.15, 0.2) is 41.3 Å². The summed E-state index contributed by atoms with van der Waals surface area (Å²) in [5.41, 5.74) is 5.81. The third-order valence-electron chi connectivity index (χ3n) is 3.37. The highest BCUT2D eigenvalue weighted by Gasteiger charge is 2.37. The Hall–Kier alpha value is -2.81. The summed E-state index contributed by atoms with van der Waals surface area (Å²) >= 11 is 0. The van der Waals surface area contributed by atoms with Crippen molar-refractivity contribution in [3.63, 3.8) is 0 Å². The summed E-state index contributed by atoms with van der Waals surface area (Å²) in [5, 5.41) is 9.91. The molecule has 6 nitrogen and oxygen atoms in total. The molecule has 1 atom stereocenters. The van der Waals surface area contributed by atoms with Gasteiger partial charge >= 0.3 is 6.18 Å². The van der Waals surface area contributed by atoms with Gasteiger partial charge in [0.25, 0.3) is 5.56 Å². The van der Waals surface area contributed by atoms with Gasteiger partial charge in [0, 0.05) is 11.9 Å². The van der Waals surface area contributed by atoms with Crippen molar-refractivity contribution in [1.82, 2.24) is 15.2 Å². The lowest BCUT2D eigenvalue weighted by Gasteiger charge is -2.16. The van der Waals surface area contributed by atoms with Crippen LogP contribution in [0.4, 0.5) is 24.7 Å². The van der Waals surface area contributed by atoms with Gasteiger partial charge in [0.2, 0.25) is 0 Å². The van der Waals surface area contributed by atoms with E-state index in [-0.39, 0.29) is 16.9 Å². The Bertz CT molecular complexity index is 882. The monoisotopic (exact) mass is 323 g/mol. The molecule has 23 heavy (non-hydrogen) atoms. The first kappa shape index (κ1) is 15.1. The molecule has 0 saturated carbocycles. The van der Waals surface area contributed by atoms with Crippen LogP contribution in [-0.2, 0) is 0 Å². The average Bonchev–Trinajstić information content (AvgIpc) is 2.91. The number of nitrogens with one attached hydrogen (secondary N) is 3. The Labute approximate surface area is 127 Å². The minimum Gasteiger partial charge on any atom is -0.338 e. The highest BCUT2D eigenvalue weighted by Crippen LogP contribution is 2.31. The number of pyridine rings is 1. The highest BCUT2D eigenvalue weighted by atomic mass is 19.4. The average molecular weight is 323 g/mol. The van der Waals surface area contributed by atoms with Crippen LogP contribution >= 0.6 is 0 Å². The fraction of sp³-hybridized carbons (Fsp3) is 0.143. The Morgan fingerprint density at radius 2 is 1.87 bits per heavy atom. The summed E-state index contributed by atoms with van der Waals surface area (Å²) in [6.45, 7) is 0. The van der Waals surface area contributed by atoms with Crippen LogP contribution < -0.4 is 16.6 Å². The van der Waals surface area contributed by atoms with Gasteiger partial charge in [-0.3, -0.25) is 9.89 Å². The third kappa shape index (κ3) is 2.90. The molecule has 2 heterocycles. The van der Waals surface area contributed by atoms with Crippen molar-refractivity contribution in [1.29, 1.82) is 0 Å². The molecule has 0 saturated heterocycles. The first-order valence-corrected chi connectivity index (χ1v) is 6.61. The molecule has 0 aliphatic rings. The first-order valence-electron chi connectivity index (χ1n) is 6.61. The predicted molar refractivity (Wildman–Crippen MR) is 79.4 cm³/mol. The van der Waals surface area contributed by atoms with E-state index in [0.29, 0.717) is 16.6 Å². The number of rotatable bonds is 3. The largest absolute Gasteiger partial charge is 0.407 e. The van der Waals surface area contributed by atoms with Crippen molar-refractivity contribution in [3.8, 4) is 0 Å². The Morgan fingerprint density at radius 3 is 2.52 bits per heavy atom. The summed E-state index contributed by atoms with van der Waals surface area (Å²) in [7, 11) is 0. The van der Waals surface area contributed by atoms with Gasteiger partial charge in [0.05, 0.1) is 5.52 Å². The lowest BCUT2D eigenvalue weighted by atomic mass is 10.1. The molecule has 3 aromatic rings. The fourth-order valence-electron chi connectivity index (χ4n) is 2.17. The summed E-state index contributed by atoms with van der Waals surface area (Å²) in [6.07, 6.45) is -3.01. The van der Waals surface area contributed by atoms with Crippen molar-refractivity contribution < 1.29 is 13.2 Å². The molecule has 2 aromatic heterocycles. The van der Waals surface area contributed by atoms with Crippen LogP contribution in [0.3, 0.4) is 0 Å². The van der Waals surface area contributed by atoms with Gasteiger partial charge in [-0.05, 0) is 23.8 Å². The van der Waals surface area contributed by atoms with E-state index in [0.717, 1.165) is 0 Å². The molecule has 0 radical (unpaired) electrons. The molecule has 0 aliphatic carbocycles. The number of fused-ring (bicyclic) bond motifs is 1. The number of H-pyrrole nitrogens is 2. The second-order valence-corrected chi connectivity index (χ2v) is 4.93. The van der Waals surface area contributed by atoms with E-state index in [1.807, 2.05) is 0 Å². The normalized spacial score (nSPS) is 13.2. The van der Waals surface area contributed by atoms with Gasteiger partial charge in [0.1, 0.15) is 11.4 Å². The van der Waals surface area contributed by atoms with E-state index < -0.39 is 12.2 Å². The lowest BCUT2D eigenvalue weighted by molar-refractivity contribution is -0.149. The standard InChI is InChI=1S/C14H12F3N5O/c15-14(16,17)11(18)7-1-3-8(4-2-7)20-12-10-9(21-22-12)5-6-19-13(10)23/h1-6,11H,18H2,(H,19,23)(H2,20,21,22)/t11-/m1/s1. The number of nitrogens with two attached hydrogens (primary N) is 1. The van der Waals surface area contributed by atoms with Crippen LogP contribution in [-0.4, -0.2) is 21.4 Å². The van der Waals surface area contributed by atoms with Crippen LogP contribution in [0, 0.1) is 0 Å². The summed E-state index contributed by atoms with van der Waals surface area (Å²) in [6, 6.07) is 5.06. The van der Waals surface area contributed by atoms with Crippen LogP contribution in [0.25, 0.3) is 10.9 Å². The van der Waals surface area contributed by atoms with Crippen molar-refractivity contribution in [3.05, 3.63) is 52.4 Å². The summed E-state index contributed by atoms with van der Waals surface area (Å²) in [5.74, 6) is 0.287. The van der Waals surface area contributed by atoms with Crippen LogP contribution in [0.5, 0.6) is 0 Å². The maximum atomic E-state index is 12.6. The predicted octanol–water partition coefficient (Wildman–Crippen LogP) is 2.56. The molecule has 0 amide bonds. The van der Waals surface area contributed by atoms with E-state index in [9.17, 15) is 18.0 Å². The van der Waals surface area contributed by atoms with Crippen molar-refractivity contribution in [2.75, 3.05) is 5.32 Å². The molecular formula is C14H12F3N5O. The minimum atomic E-state index is -4.50. The molecule has 120 valence electrons. The molecule has 5 N–H and O–H groups in total. The molecule has 0 aliphatic heterocycles. The topological polar surface area (TPSA) is 99.6 Å². The smallest absolute Gasteiger partial charge is 0.338 e. The minimum absolute atomic E-state index is 0.0483. The molecule has 0 fully saturated rings. The van der Waals surface area contributed by atoms with Crippen molar-refractivity contribution in [2.24, 2.45) is 5.73 Å². The number of benzene rings is 1. The number of alkyl halides is 3. The number of anilines is 2. The maximum absolute atomic E-state index is 12.6. The lowest BCUT2D eigenvalue weighted by Crippen LogP contribution is -2.28. The molecule has 0 bridgehead atoms.